The average molecular weight is 344 g/mol. The highest BCUT2D eigenvalue weighted by Crippen LogP contribution is 2.32. The van der Waals surface area contributed by atoms with Crippen molar-refractivity contribution in [1.82, 2.24) is 21.3 Å². The van der Waals surface area contributed by atoms with Gasteiger partial charge in [-0.25, -0.2) is 0 Å². The second kappa shape index (κ2) is 12.6. The molecule has 24 heavy (non-hydrogen) atoms. The van der Waals surface area contributed by atoms with E-state index in [2.05, 4.69) is 55.9 Å². The summed E-state index contributed by atoms with van der Waals surface area (Å²) in [5.41, 5.74) is 5.80. The van der Waals surface area contributed by atoms with Gasteiger partial charge in [0.25, 0.3) is 0 Å². The molecule has 0 atom stereocenters. The standard InChI is InChI=1S/C18H41N5O/c1-17(2,3)14-18(4,5)15-23-16(24)6-8-20-10-12-22-13-11-21-9-7-19/h20-22H,6-15,19H2,1-5H3,(H,23,24). The summed E-state index contributed by atoms with van der Waals surface area (Å²) in [4.78, 5) is 11.9. The Kier molecular flexibility index (Phi) is 12.3. The van der Waals surface area contributed by atoms with Crippen LogP contribution >= 0.6 is 0 Å². The SMILES string of the molecule is CC(C)(C)CC(C)(C)CNC(=O)CCNCCNCCNCCN. The number of rotatable bonds is 14. The van der Waals surface area contributed by atoms with Gasteiger partial charge in [-0.05, 0) is 17.3 Å². The molecule has 0 aliphatic rings. The molecule has 0 rings (SSSR count). The Morgan fingerprint density at radius 2 is 1.33 bits per heavy atom. The Morgan fingerprint density at radius 3 is 1.83 bits per heavy atom. The van der Waals surface area contributed by atoms with Crippen LogP contribution in [0.1, 0.15) is 47.5 Å². The van der Waals surface area contributed by atoms with Crippen molar-refractivity contribution in [2.45, 2.75) is 47.5 Å². The van der Waals surface area contributed by atoms with E-state index < -0.39 is 0 Å². The van der Waals surface area contributed by atoms with Crippen LogP contribution < -0.4 is 27.0 Å². The third-order valence-electron chi connectivity index (χ3n) is 3.58. The number of nitrogens with one attached hydrogen (secondary N) is 4. The summed E-state index contributed by atoms with van der Waals surface area (Å²) >= 11 is 0. The van der Waals surface area contributed by atoms with Crippen molar-refractivity contribution in [3.05, 3.63) is 0 Å². The number of nitrogens with two attached hydrogens (primary N) is 1. The normalized spacial score (nSPS) is 12.4. The number of amides is 1. The molecule has 0 aromatic rings. The van der Waals surface area contributed by atoms with Crippen LogP contribution in [0.2, 0.25) is 0 Å². The minimum absolute atomic E-state index is 0.128. The molecule has 0 spiro atoms. The molecule has 0 unspecified atom stereocenters. The van der Waals surface area contributed by atoms with Crippen molar-refractivity contribution < 1.29 is 4.79 Å². The van der Waals surface area contributed by atoms with Crippen LogP contribution in [-0.2, 0) is 4.79 Å². The van der Waals surface area contributed by atoms with Crippen LogP contribution in [0.15, 0.2) is 0 Å². The molecule has 6 heteroatoms. The first-order valence-electron chi connectivity index (χ1n) is 9.25. The summed E-state index contributed by atoms with van der Waals surface area (Å²) < 4.78 is 0. The average Bonchev–Trinajstić information content (AvgIpc) is 2.45. The second-order valence-electron chi connectivity index (χ2n) is 8.47. The third kappa shape index (κ3) is 16.2. The van der Waals surface area contributed by atoms with E-state index in [1.165, 1.54) is 0 Å². The molecule has 0 bridgehead atoms. The molecule has 0 aromatic heterocycles. The van der Waals surface area contributed by atoms with Gasteiger partial charge in [0.2, 0.25) is 5.91 Å². The van der Waals surface area contributed by atoms with Gasteiger partial charge >= 0.3 is 0 Å². The molecular formula is C18H41N5O. The molecule has 6 N–H and O–H groups in total. The van der Waals surface area contributed by atoms with Crippen molar-refractivity contribution in [2.24, 2.45) is 16.6 Å². The van der Waals surface area contributed by atoms with Crippen molar-refractivity contribution in [2.75, 3.05) is 52.4 Å². The van der Waals surface area contributed by atoms with E-state index in [1.54, 1.807) is 0 Å². The van der Waals surface area contributed by atoms with Crippen molar-refractivity contribution in [3.8, 4) is 0 Å². The van der Waals surface area contributed by atoms with Crippen LogP contribution in [0.25, 0.3) is 0 Å². The molecule has 0 saturated carbocycles. The molecule has 0 heterocycles. The summed E-state index contributed by atoms with van der Waals surface area (Å²) in [6.07, 6.45) is 1.62. The maximum atomic E-state index is 11.9. The predicted molar refractivity (Wildman–Crippen MR) is 103 cm³/mol. The summed E-state index contributed by atoms with van der Waals surface area (Å²) in [6, 6.07) is 0. The first-order valence-corrected chi connectivity index (χ1v) is 9.25. The Hall–Kier alpha value is -0.690. The Morgan fingerprint density at radius 1 is 0.833 bits per heavy atom. The zero-order valence-electron chi connectivity index (χ0n) is 16.6. The van der Waals surface area contributed by atoms with Crippen LogP contribution in [0.4, 0.5) is 0 Å². The summed E-state index contributed by atoms with van der Waals surface area (Å²) in [5.74, 6) is 0.128. The van der Waals surface area contributed by atoms with E-state index >= 15 is 0 Å². The van der Waals surface area contributed by atoms with E-state index in [-0.39, 0.29) is 16.7 Å². The van der Waals surface area contributed by atoms with Gasteiger partial charge in [0.1, 0.15) is 0 Å². The number of carbonyl (C=O) groups excluding carboxylic acids is 1. The molecule has 0 saturated heterocycles. The van der Waals surface area contributed by atoms with E-state index in [1.807, 2.05) is 0 Å². The fourth-order valence-electron chi connectivity index (χ4n) is 2.96. The van der Waals surface area contributed by atoms with Gasteiger partial charge in [-0.1, -0.05) is 34.6 Å². The van der Waals surface area contributed by atoms with Gasteiger partial charge in [0.15, 0.2) is 0 Å². The maximum Gasteiger partial charge on any atom is 0.221 e. The fraction of sp³-hybridized carbons (Fsp3) is 0.944. The van der Waals surface area contributed by atoms with Crippen molar-refractivity contribution in [1.29, 1.82) is 0 Å². The summed E-state index contributed by atoms with van der Waals surface area (Å²) in [5, 5.41) is 12.9. The van der Waals surface area contributed by atoms with Crippen LogP contribution in [0.3, 0.4) is 0 Å². The first-order chi connectivity index (χ1) is 11.2. The number of hydrogen-bond acceptors (Lipinski definition) is 5. The third-order valence-corrected chi connectivity index (χ3v) is 3.58. The lowest BCUT2D eigenvalue weighted by molar-refractivity contribution is -0.121. The number of carbonyl (C=O) groups is 1. The van der Waals surface area contributed by atoms with E-state index in [9.17, 15) is 4.79 Å². The van der Waals surface area contributed by atoms with Gasteiger partial charge in [0, 0.05) is 58.8 Å². The molecule has 0 radical (unpaired) electrons. The Bertz CT molecular complexity index is 326. The molecular weight excluding hydrogens is 302 g/mol. The molecule has 0 fully saturated rings. The largest absolute Gasteiger partial charge is 0.356 e. The Labute approximate surface area is 149 Å². The van der Waals surface area contributed by atoms with Crippen molar-refractivity contribution >= 4 is 5.91 Å². The predicted octanol–water partition coefficient (Wildman–Crippen LogP) is 0.683. The number of hydrogen-bond donors (Lipinski definition) is 5. The topological polar surface area (TPSA) is 91.2 Å². The van der Waals surface area contributed by atoms with E-state index in [4.69, 9.17) is 5.73 Å². The Balaban J connectivity index is 3.53. The lowest BCUT2D eigenvalue weighted by Gasteiger charge is -2.32. The molecule has 0 aromatic carbocycles. The molecule has 0 aliphatic heterocycles. The fourth-order valence-corrected chi connectivity index (χ4v) is 2.96. The molecule has 6 nitrogen and oxygen atoms in total. The van der Waals surface area contributed by atoms with E-state index in [0.29, 0.717) is 13.0 Å². The summed E-state index contributed by atoms with van der Waals surface area (Å²) in [6.45, 7) is 17.8. The van der Waals surface area contributed by atoms with Gasteiger partial charge in [-0.15, -0.1) is 0 Å². The quantitative estimate of drug-likeness (QED) is 0.299. The minimum atomic E-state index is 0.128. The first kappa shape index (κ1) is 23.3. The molecule has 144 valence electrons. The zero-order valence-corrected chi connectivity index (χ0v) is 16.6. The monoisotopic (exact) mass is 343 g/mol. The highest BCUT2D eigenvalue weighted by molar-refractivity contribution is 5.76. The molecule has 0 aliphatic carbocycles. The minimum Gasteiger partial charge on any atom is -0.356 e. The van der Waals surface area contributed by atoms with Crippen LogP contribution in [-0.4, -0.2) is 58.3 Å². The summed E-state index contributed by atoms with van der Waals surface area (Å²) in [7, 11) is 0. The lowest BCUT2D eigenvalue weighted by atomic mass is 9.76. The lowest BCUT2D eigenvalue weighted by Crippen LogP contribution is -2.38. The van der Waals surface area contributed by atoms with Gasteiger partial charge in [-0.3, -0.25) is 4.79 Å². The maximum absolute atomic E-state index is 11.9. The zero-order chi connectivity index (χ0) is 18.5. The van der Waals surface area contributed by atoms with Gasteiger partial charge < -0.3 is 27.0 Å². The second-order valence-corrected chi connectivity index (χ2v) is 8.47. The highest BCUT2D eigenvalue weighted by Gasteiger charge is 2.25. The van der Waals surface area contributed by atoms with E-state index in [0.717, 1.165) is 52.2 Å². The smallest absolute Gasteiger partial charge is 0.221 e. The molecule has 1 amide bonds. The van der Waals surface area contributed by atoms with Crippen molar-refractivity contribution in [3.63, 3.8) is 0 Å². The van der Waals surface area contributed by atoms with Gasteiger partial charge in [-0.2, -0.15) is 0 Å². The van der Waals surface area contributed by atoms with Crippen LogP contribution in [0.5, 0.6) is 0 Å². The highest BCUT2D eigenvalue weighted by atomic mass is 16.1. The van der Waals surface area contributed by atoms with Crippen LogP contribution in [0, 0.1) is 10.8 Å². The van der Waals surface area contributed by atoms with Gasteiger partial charge in [0.05, 0.1) is 0 Å².